The number of rotatable bonds is 12. The first-order chi connectivity index (χ1) is 20.7. The molecule has 14 nitrogen and oxygen atoms in total. The predicted octanol–water partition coefficient (Wildman–Crippen LogP) is 3.25. The van der Waals surface area contributed by atoms with Gasteiger partial charge in [-0.3, -0.25) is 14.2 Å². The summed E-state index contributed by atoms with van der Waals surface area (Å²) in [6.07, 6.45) is 0.871. The van der Waals surface area contributed by atoms with Gasteiger partial charge in [0.15, 0.2) is 29.3 Å². The first-order valence-corrected chi connectivity index (χ1v) is 15.3. The van der Waals surface area contributed by atoms with Gasteiger partial charge in [-0.25, -0.2) is 19.6 Å². The van der Waals surface area contributed by atoms with Gasteiger partial charge in [0.25, 0.3) is 14.4 Å². The Morgan fingerprint density at radius 2 is 2.00 bits per heavy atom. The molecule has 0 aliphatic carbocycles. The Bertz CT molecular complexity index is 1440. The summed E-state index contributed by atoms with van der Waals surface area (Å²) in [4.78, 5) is 32.3. The molecule has 5 atom stereocenters. The minimum absolute atomic E-state index is 0.0821. The van der Waals surface area contributed by atoms with Crippen molar-refractivity contribution >= 4 is 31.4 Å². The maximum Gasteiger partial charge on any atom is 0.259 e. The molecule has 0 radical (unpaired) electrons. The molecule has 2 fully saturated rings. The minimum atomic E-state index is -1.66. The van der Waals surface area contributed by atoms with Crippen molar-refractivity contribution in [1.82, 2.24) is 29.3 Å². The molecule has 2 aliphatic heterocycles. The highest BCUT2D eigenvalue weighted by Crippen LogP contribution is 2.54. The summed E-state index contributed by atoms with van der Waals surface area (Å²) >= 11 is 0. The molecule has 3 aromatic rings. The summed E-state index contributed by atoms with van der Waals surface area (Å²) in [5.41, 5.74) is 0.101. The van der Waals surface area contributed by atoms with Crippen LogP contribution in [0.2, 0.25) is 0 Å². The van der Waals surface area contributed by atoms with Gasteiger partial charge in [0.1, 0.15) is 18.0 Å². The van der Waals surface area contributed by atoms with Crippen LogP contribution in [0.5, 0.6) is 0 Å². The second-order valence-electron chi connectivity index (χ2n) is 11.0. The van der Waals surface area contributed by atoms with Gasteiger partial charge >= 0.3 is 0 Å². The molecular formula is C28H37N8O6P. The summed E-state index contributed by atoms with van der Waals surface area (Å²) in [6, 6.07) is 11.1. The zero-order valence-corrected chi connectivity index (χ0v) is 25.7. The number of hydrogen-bond acceptors (Lipinski definition) is 12. The van der Waals surface area contributed by atoms with Gasteiger partial charge in [0.05, 0.1) is 38.6 Å². The van der Waals surface area contributed by atoms with Gasteiger partial charge in [-0.15, -0.1) is 0 Å². The first kappa shape index (κ1) is 31.3. The van der Waals surface area contributed by atoms with E-state index in [9.17, 15) is 9.90 Å². The summed E-state index contributed by atoms with van der Waals surface area (Å²) in [6.45, 7) is 8.30. The van der Waals surface area contributed by atoms with Crippen molar-refractivity contribution in [1.29, 1.82) is 5.26 Å². The molecule has 0 saturated carbocycles. The number of aliphatic hydroxyl groups is 1. The lowest BCUT2D eigenvalue weighted by molar-refractivity contribution is -0.252. The van der Waals surface area contributed by atoms with Crippen molar-refractivity contribution in [2.24, 2.45) is 0 Å². The molecule has 230 valence electrons. The number of likely N-dealkylation sites (N-methyl/N-ethyl adjacent to an activating group) is 1. The second kappa shape index (κ2) is 13.3. The summed E-state index contributed by atoms with van der Waals surface area (Å²) in [5, 5.41) is 24.3. The lowest BCUT2D eigenvalue weighted by Gasteiger charge is -2.44. The van der Waals surface area contributed by atoms with E-state index in [0.717, 1.165) is 0 Å². The Morgan fingerprint density at radius 3 is 2.67 bits per heavy atom. The highest BCUT2D eigenvalue weighted by atomic mass is 31.2. The predicted molar refractivity (Wildman–Crippen MR) is 157 cm³/mol. The van der Waals surface area contributed by atoms with Crippen LogP contribution in [0.15, 0.2) is 43.0 Å². The number of imidazole rings is 1. The molecule has 15 heteroatoms. The zero-order chi connectivity index (χ0) is 30.7. The van der Waals surface area contributed by atoms with Crippen molar-refractivity contribution in [3.63, 3.8) is 0 Å². The highest BCUT2D eigenvalue weighted by molar-refractivity contribution is 7.44. The molecule has 2 saturated heterocycles. The second-order valence-corrected chi connectivity index (χ2v) is 12.4. The number of aliphatic hydroxyl groups excluding tert-OH is 1. The average Bonchev–Trinajstić information content (AvgIpc) is 3.48. The van der Waals surface area contributed by atoms with Crippen molar-refractivity contribution in [2.45, 2.75) is 70.2 Å². The molecule has 1 amide bonds. The molecule has 4 heterocycles. The number of nitrogens with one attached hydrogen (secondary N) is 1. The Kier molecular flexibility index (Phi) is 9.65. The van der Waals surface area contributed by atoms with Crippen LogP contribution in [-0.4, -0.2) is 97.0 Å². The molecule has 2 bridgehead atoms. The molecule has 3 unspecified atom stereocenters. The lowest BCUT2D eigenvalue weighted by atomic mass is 9.94. The number of ether oxygens (including phenoxy) is 1. The SMILES string of the molecule is CC(C)N(C(C)C)P(OCCC#N)OC1C2ON(C)C[C@]1(CO)O[C@H]2n1cnc2c(NC(=O)c3ccccc3)ncnc21. The van der Waals surface area contributed by atoms with Crippen molar-refractivity contribution in [3.8, 4) is 6.07 Å². The number of anilines is 1. The van der Waals surface area contributed by atoms with E-state index >= 15 is 0 Å². The Morgan fingerprint density at radius 1 is 1.26 bits per heavy atom. The van der Waals surface area contributed by atoms with Crippen LogP contribution in [0.4, 0.5) is 5.82 Å². The number of benzene rings is 1. The summed E-state index contributed by atoms with van der Waals surface area (Å²) < 4.78 is 23.3. The number of hydrogen-bond donors (Lipinski definition) is 2. The molecular weight excluding hydrogens is 575 g/mol. The molecule has 2 N–H and O–H groups in total. The molecule has 1 aromatic carbocycles. The number of amides is 1. The van der Waals surface area contributed by atoms with E-state index in [0.29, 0.717) is 16.7 Å². The molecule has 0 spiro atoms. The van der Waals surface area contributed by atoms with Crippen LogP contribution in [-0.2, 0) is 18.6 Å². The Hall–Kier alpha value is -3.12. The quantitative estimate of drug-likeness (QED) is 0.227. The van der Waals surface area contributed by atoms with E-state index in [-0.39, 0.29) is 50.0 Å². The normalized spacial score (nSPS) is 24.6. The average molecular weight is 613 g/mol. The number of carbonyl (C=O) groups is 1. The Labute approximate surface area is 251 Å². The summed E-state index contributed by atoms with van der Waals surface area (Å²) in [7, 11) is 0.113. The van der Waals surface area contributed by atoms with E-state index in [4.69, 9.17) is 23.9 Å². The number of fused-ring (bicyclic) bond motifs is 3. The van der Waals surface area contributed by atoms with E-state index < -0.39 is 32.6 Å². The fourth-order valence-electron chi connectivity index (χ4n) is 5.52. The zero-order valence-electron chi connectivity index (χ0n) is 24.8. The van der Waals surface area contributed by atoms with Gasteiger partial charge in [-0.1, -0.05) is 18.2 Å². The third-order valence-electron chi connectivity index (χ3n) is 7.28. The van der Waals surface area contributed by atoms with Crippen LogP contribution < -0.4 is 5.32 Å². The van der Waals surface area contributed by atoms with E-state index in [1.807, 2.05) is 6.07 Å². The molecule has 2 aliphatic rings. The van der Waals surface area contributed by atoms with E-state index in [2.05, 4.69) is 58.7 Å². The topological polar surface area (TPSA) is 160 Å². The summed E-state index contributed by atoms with van der Waals surface area (Å²) in [5.74, 6) is -0.0782. The van der Waals surface area contributed by atoms with E-state index in [1.165, 1.54) is 6.33 Å². The standard InChI is InChI=1S/C28H37N8O6P/c1-18(2)36(19(3)4)43(39-13-9-12-29)42-23-22-27(40-28(23,15-37)14-34(5)41-22)35-17-32-21-24(30-16-31-25(21)35)33-26(38)20-10-7-6-8-11-20/h6-8,10-11,16-19,22-23,27,37H,9,13-15H2,1-5H3,(H,30,31,33,38)/t22?,23?,27-,28-,43?/m1/s1. The van der Waals surface area contributed by atoms with Crippen LogP contribution >= 0.6 is 8.53 Å². The fourth-order valence-corrected chi connectivity index (χ4v) is 7.33. The highest BCUT2D eigenvalue weighted by Gasteiger charge is 2.63. The third-order valence-corrected chi connectivity index (χ3v) is 9.39. The lowest BCUT2D eigenvalue weighted by Crippen LogP contribution is -2.59. The van der Waals surface area contributed by atoms with Gasteiger partial charge in [0, 0.05) is 24.7 Å². The number of nitrogens with zero attached hydrogens (tertiary/aromatic N) is 7. The number of carbonyl (C=O) groups excluding carboxylic acids is 1. The first-order valence-electron chi connectivity index (χ1n) is 14.1. The smallest absolute Gasteiger partial charge is 0.259 e. The van der Waals surface area contributed by atoms with Crippen molar-refractivity contribution in [3.05, 3.63) is 48.5 Å². The van der Waals surface area contributed by atoms with Crippen molar-refractivity contribution in [2.75, 3.05) is 32.1 Å². The number of aromatic nitrogens is 4. The third kappa shape index (κ3) is 6.26. The van der Waals surface area contributed by atoms with Crippen LogP contribution in [0.1, 0.15) is 50.7 Å². The maximum absolute atomic E-state index is 12.8. The van der Waals surface area contributed by atoms with Gasteiger partial charge in [0.2, 0.25) is 0 Å². The van der Waals surface area contributed by atoms with Gasteiger partial charge in [-0.05, 0) is 39.8 Å². The van der Waals surface area contributed by atoms with E-state index in [1.54, 1.807) is 47.3 Å². The maximum atomic E-state index is 12.8. The number of hydroxylamine groups is 2. The Balaban J connectivity index is 1.47. The van der Waals surface area contributed by atoms with Crippen LogP contribution in [0, 0.1) is 11.3 Å². The number of nitriles is 1. The monoisotopic (exact) mass is 612 g/mol. The van der Waals surface area contributed by atoms with Gasteiger partial charge in [-0.2, -0.15) is 10.3 Å². The largest absolute Gasteiger partial charge is 0.393 e. The van der Waals surface area contributed by atoms with Crippen LogP contribution in [0.3, 0.4) is 0 Å². The molecule has 43 heavy (non-hydrogen) atoms. The van der Waals surface area contributed by atoms with Crippen LogP contribution in [0.25, 0.3) is 11.2 Å². The molecule has 2 aromatic heterocycles. The fraction of sp³-hybridized carbons (Fsp3) is 0.536. The van der Waals surface area contributed by atoms with Crippen molar-refractivity contribution < 1.29 is 28.5 Å². The minimum Gasteiger partial charge on any atom is -0.393 e. The molecule has 5 rings (SSSR count). The van der Waals surface area contributed by atoms with Gasteiger partial charge < -0.3 is 24.2 Å².